The molecule has 1 aromatic carbocycles. The SMILES string of the molecule is CNC[C@@H]1OCCc2c1cccc2-n1ccnc1. The number of benzene rings is 1. The topological polar surface area (TPSA) is 39.1 Å². The summed E-state index contributed by atoms with van der Waals surface area (Å²) in [5.41, 5.74) is 3.89. The van der Waals surface area contributed by atoms with Crippen LogP contribution in [0.25, 0.3) is 5.69 Å². The third-order valence-corrected chi connectivity index (χ3v) is 3.38. The Morgan fingerprint density at radius 3 is 3.22 bits per heavy atom. The van der Waals surface area contributed by atoms with E-state index in [1.54, 1.807) is 0 Å². The maximum absolute atomic E-state index is 5.83. The molecule has 18 heavy (non-hydrogen) atoms. The van der Waals surface area contributed by atoms with Gasteiger partial charge in [0.15, 0.2) is 0 Å². The zero-order valence-electron chi connectivity index (χ0n) is 10.5. The lowest BCUT2D eigenvalue weighted by molar-refractivity contribution is 0.0438. The Balaban J connectivity index is 2.06. The number of hydrogen-bond donors (Lipinski definition) is 1. The molecule has 0 amide bonds. The largest absolute Gasteiger partial charge is 0.372 e. The Labute approximate surface area is 107 Å². The Bertz CT molecular complexity index is 522. The van der Waals surface area contributed by atoms with Crippen molar-refractivity contribution in [3.8, 4) is 5.69 Å². The maximum Gasteiger partial charge on any atom is 0.0991 e. The normalized spacial score (nSPS) is 18.6. The Hall–Kier alpha value is -1.65. The standard InChI is InChI=1S/C14H17N3O/c1-15-9-14-12-3-2-4-13(11(12)5-8-18-14)17-7-6-16-10-17/h2-4,6-7,10,14-15H,5,8-9H2,1H3/t14-/m0/s1. The molecule has 1 atom stereocenters. The van der Waals surface area contributed by atoms with Gasteiger partial charge in [0, 0.05) is 18.9 Å². The van der Waals surface area contributed by atoms with Gasteiger partial charge < -0.3 is 14.6 Å². The molecule has 0 unspecified atom stereocenters. The predicted octanol–water partition coefficient (Wildman–Crippen LogP) is 1.71. The van der Waals surface area contributed by atoms with Crippen LogP contribution in [0.4, 0.5) is 0 Å². The lowest BCUT2D eigenvalue weighted by Crippen LogP contribution is -2.26. The van der Waals surface area contributed by atoms with Crippen molar-refractivity contribution in [2.24, 2.45) is 0 Å². The van der Waals surface area contributed by atoms with Crippen LogP contribution in [0, 0.1) is 0 Å². The minimum Gasteiger partial charge on any atom is -0.372 e. The van der Waals surface area contributed by atoms with E-state index in [1.807, 2.05) is 25.8 Å². The van der Waals surface area contributed by atoms with Crippen LogP contribution in [0.2, 0.25) is 0 Å². The van der Waals surface area contributed by atoms with Crippen molar-refractivity contribution < 1.29 is 4.74 Å². The fourth-order valence-corrected chi connectivity index (χ4v) is 2.56. The fourth-order valence-electron chi connectivity index (χ4n) is 2.56. The highest BCUT2D eigenvalue weighted by molar-refractivity contribution is 5.48. The highest BCUT2D eigenvalue weighted by Crippen LogP contribution is 2.30. The number of likely N-dealkylation sites (N-methyl/N-ethyl adjacent to an activating group) is 1. The number of fused-ring (bicyclic) bond motifs is 1. The van der Waals surface area contributed by atoms with Gasteiger partial charge in [-0.05, 0) is 30.7 Å². The van der Waals surface area contributed by atoms with Gasteiger partial charge in [-0.3, -0.25) is 0 Å². The molecule has 94 valence electrons. The average Bonchev–Trinajstić information content (AvgIpc) is 2.93. The van der Waals surface area contributed by atoms with Gasteiger partial charge in [0.25, 0.3) is 0 Å². The first kappa shape index (κ1) is 11.4. The number of imidazole rings is 1. The predicted molar refractivity (Wildman–Crippen MR) is 69.9 cm³/mol. The van der Waals surface area contributed by atoms with E-state index in [0.29, 0.717) is 0 Å². The molecule has 0 saturated heterocycles. The van der Waals surface area contributed by atoms with Crippen LogP contribution in [0.3, 0.4) is 0 Å². The number of hydrogen-bond acceptors (Lipinski definition) is 3. The number of aromatic nitrogens is 2. The van der Waals surface area contributed by atoms with Crippen molar-refractivity contribution in [2.45, 2.75) is 12.5 Å². The molecule has 3 rings (SSSR count). The summed E-state index contributed by atoms with van der Waals surface area (Å²) in [6.07, 6.45) is 6.76. The number of ether oxygens (including phenoxy) is 1. The van der Waals surface area contributed by atoms with Gasteiger partial charge >= 0.3 is 0 Å². The third kappa shape index (κ3) is 1.94. The van der Waals surface area contributed by atoms with E-state index in [4.69, 9.17) is 4.74 Å². The second-order valence-corrected chi connectivity index (χ2v) is 4.48. The Morgan fingerprint density at radius 2 is 2.44 bits per heavy atom. The third-order valence-electron chi connectivity index (χ3n) is 3.38. The second kappa shape index (κ2) is 4.92. The van der Waals surface area contributed by atoms with Crippen LogP contribution in [0.1, 0.15) is 17.2 Å². The summed E-state index contributed by atoms with van der Waals surface area (Å²) in [6, 6.07) is 6.39. The lowest BCUT2D eigenvalue weighted by atomic mass is 9.95. The summed E-state index contributed by atoms with van der Waals surface area (Å²) >= 11 is 0. The molecule has 1 N–H and O–H groups in total. The van der Waals surface area contributed by atoms with Gasteiger partial charge in [0.05, 0.1) is 24.7 Å². The van der Waals surface area contributed by atoms with Gasteiger partial charge in [-0.25, -0.2) is 4.98 Å². The molecular weight excluding hydrogens is 226 g/mol. The highest BCUT2D eigenvalue weighted by Gasteiger charge is 2.22. The van der Waals surface area contributed by atoms with Gasteiger partial charge in [0.2, 0.25) is 0 Å². The summed E-state index contributed by atoms with van der Waals surface area (Å²) in [6.45, 7) is 1.63. The van der Waals surface area contributed by atoms with E-state index in [2.05, 4.69) is 33.1 Å². The number of nitrogens with zero attached hydrogens (tertiary/aromatic N) is 2. The molecule has 4 heteroatoms. The van der Waals surface area contributed by atoms with E-state index >= 15 is 0 Å². The number of nitrogens with one attached hydrogen (secondary N) is 1. The summed E-state index contributed by atoms with van der Waals surface area (Å²) < 4.78 is 7.90. The summed E-state index contributed by atoms with van der Waals surface area (Å²) in [7, 11) is 1.96. The summed E-state index contributed by atoms with van der Waals surface area (Å²) in [4.78, 5) is 4.12. The molecule has 1 aliphatic rings. The minimum absolute atomic E-state index is 0.155. The minimum atomic E-state index is 0.155. The zero-order valence-corrected chi connectivity index (χ0v) is 10.5. The lowest BCUT2D eigenvalue weighted by Gasteiger charge is -2.27. The first-order valence-electron chi connectivity index (χ1n) is 6.26. The van der Waals surface area contributed by atoms with Crippen molar-refractivity contribution in [2.75, 3.05) is 20.2 Å². The van der Waals surface area contributed by atoms with Crippen molar-refractivity contribution in [3.63, 3.8) is 0 Å². The molecule has 2 aromatic rings. The molecule has 1 aromatic heterocycles. The van der Waals surface area contributed by atoms with Crippen LogP contribution >= 0.6 is 0 Å². The molecule has 1 aliphatic heterocycles. The highest BCUT2D eigenvalue weighted by atomic mass is 16.5. The van der Waals surface area contributed by atoms with E-state index in [0.717, 1.165) is 19.6 Å². The van der Waals surface area contributed by atoms with Crippen LogP contribution < -0.4 is 5.32 Å². The first-order chi connectivity index (χ1) is 8.90. The molecule has 4 nitrogen and oxygen atoms in total. The molecule has 2 heterocycles. The van der Waals surface area contributed by atoms with Gasteiger partial charge in [0.1, 0.15) is 0 Å². The zero-order chi connectivity index (χ0) is 12.4. The summed E-state index contributed by atoms with van der Waals surface area (Å²) in [5, 5.41) is 3.19. The number of rotatable bonds is 3. The van der Waals surface area contributed by atoms with Crippen molar-refractivity contribution in [3.05, 3.63) is 48.0 Å². The second-order valence-electron chi connectivity index (χ2n) is 4.48. The van der Waals surface area contributed by atoms with Crippen LogP contribution in [0.15, 0.2) is 36.9 Å². The monoisotopic (exact) mass is 243 g/mol. The average molecular weight is 243 g/mol. The molecule has 0 radical (unpaired) electrons. The first-order valence-corrected chi connectivity index (χ1v) is 6.26. The quantitative estimate of drug-likeness (QED) is 0.892. The molecule has 0 aliphatic carbocycles. The smallest absolute Gasteiger partial charge is 0.0991 e. The Kier molecular flexibility index (Phi) is 3.13. The molecule has 0 saturated carbocycles. The molecule has 0 spiro atoms. The van der Waals surface area contributed by atoms with Crippen LogP contribution in [-0.2, 0) is 11.2 Å². The van der Waals surface area contributed by atoms with E-state index in [9.17, 15) is 0 Å². The van der Waals surface area contributed by atoms with Crippen LogP contribution in [0.5, 0.6) is 0 Å². The Morgan fingerprint density at radius 1 is 1.50 bits per heavy atom. The van der Waals surface area contributed by atoms with Gasteiger partial charge in [-0.15, -0.1) is 0 Å². The van der Waals surface area contributed by atoms with E-state index in [1.165, 1.54) is 16.8 Å². The fraction of sp³-hybridized carbons (Fsp3) is 0.357. The van der Waals surface area contributed by atoms with Crippen molar-refractivity contribution in [1.29, 1.82) is 0 Å². The van der Waals surface area contributed by atoms with Gasteiger partial charge in [-0.2, -0.15) is 0 Å². The van der Waals surface area contributed by atoms with E-state index < -0.39 is 0 Å². The van der Waals surface area contributed by atoms with E-state index in [-0.39, 0.29) is 6.10 Å². The van der Waals surface area contributed by atoms with Gasteiger partial charge in [-0.1, -0.05) is 12.1 Å². The molecule has 0 bridgehead atoms. The molecule has 0 fully saturated rings. The van der Waals surface area contributed by atoms with Crippen molar-refractivity contribution in [1.82, 2.24) is 14.9 Å². The summed E-state index contributed by atoms with van der Waals surface area (Å²) in [5.74, 6) is 0. The molecular formula is C14H17N3O. The maximum atomic E-state index is 5.83. The van der Waals surface area contributed by atoms with Crippen molar-refractivity contribution >= 4 is 0 Å². The van der Waals surface area contributed by atoms with Crippen LogP contribution in [-0.4, -0.2) is 29.8 Å².